The van der Waals surface area contributed by atoms with Crippen molar-refractivity contribution < 1.29 is 9.53 Å². The molecular formula is C16H21ClN2O2S2. The van der Waals surface area contributed by atoms with Crippen molar-refractivity contribution in [3.05, 3.63) is 23.5 Å². The summed E-state index contributed by atoms with van der Waals surface area (Å²) in [6.07, 6.45) is 7.12. The molecular weight excluding hydrogens is 352 g/mol. The van der Waals surface area contributed by atoms with Crippen molar-refractivity contribution in [3.63, 3.8) is 0 Å². The smallest absolute Gasteiger partial charge is 0.237 e. The highest BCUT2D eigenvalue weighted by atomic mass is 35.5. The van der Waals surface area contributed by atoms with Gasteiger partial charge in [0, 0.05) is 12.2 Å². The van der Waals surface area contributed by atoms with E-state index in [1.807, 2.05) is 24.0 Å². The van der Waals surface area contributed by atoms with Gasteiger partial charge >= 0.3 is 0 Å². The number of hydrogen-bond donors (Lipinski definition) is 0. The van der Waals surface area contributed by atoms with E-state index in [0.29, 0.717) is 21.8 Å². The number of thioether (sulfide) groups is 1. The molecule has 0 unspecified atom stereocenters. The van der Waals surface area contributed by atoms with E-state index in [4.69, 9.17) is 28.6 Å². The minimum Gasteiger partial charge on any atom is -0.479 e. The van der Waals surface area contributed by atoms with Crippen LogP contribution >= 0.6 is 35.6 Å². The normalized spacial score (nSPS) is 15.2. The highest BCUT2D eigenvalue weighted by Crippen LogP contribution is 2.31. The number of thiocarbonyl (C=S) groups is 1. The predicted molar refractivity (Wildman–Crippen MR) is 100 cm³/mol. The Kier molecular flexibility index (Phi) is 7.59. The first-order valence-corrected chi connectivity index (χ1v) is 9.62. The Morgan fingerprint density at radius 3 is 2.87 bits per heavy atom. The number of ether oxygens (including phenoxy) is 1. The fourth-order valence-corrected chi connectivity index (χ4v) is 3.87. The molecule has 0 aliphatic heterocycles. The number of halogens is 1. The first-order valence-electron chi connectivity index (χ1n) is 7.85. The highest BCUT2D eigenvalue weighted by molar-refractivity contribution is 8.23. The van der Waals surface area contributed by atoms with Gasteiger partial charge < -0.3 is 9.64 Å². The Hall–Kier alpha value is -0.850. The summed E-state index contributed by atoms with van der Waals surface area (Å²) in [6.45, 7) is 2.39. The maximum absolute atomic E-state index is 12.8. The number of pyridine rings is 1. The van der Waals surface area contributed by atoms with Crippen molar-refractivity contribution in [2.45, 2.75) is 45.1 Å². The largest absolute Gasteiger partial charge is 0.479 e. The van der Waals surface area contributed by atoms with Gasteiger partial charge in [-0.15, -0.1) is 0 Å². The summed E-state index contributed by atoms with van der Waals surface area (Å²) in [7, 11) is 0. The zero-order chi connectivity index (χ0) is 16.7. The Bertz CT molecular complexity index is 551. The van der Waals surface area contributed by atoms with Gasteiger partial charge in [-0.05, 0) is 44.1 Å². The SMILES string of the molecule is CCOC(=S)SCC(=O)N(c1cccnc1Cl)C1CCCCC1. The number of carbonyl (C=O) groups excluding carboxylic acids is 1. The topological polar surface area (TPSA) is 42.4 Å². The van der Waals surface area contributed by atoms with Crippen molar-refractivity contribution in [3.8, 4) is 0 Å². The van der Waals surface area contributed by atoms with Gasteiger partial charge in [0.15, 0.2) is 5.15 Å². The maximum Gasteiger partial charge on any atom is 0.237 e. The Balaban J connectivity index is 2.14. The minimum absolute atomic E-state index is 0.00106. The third-order valence-corrected chi connectivity index (χ3v) is 5.29. The van der Waals surface area contributed by atoms with Crippen LogP contribution in [0.5, 0.6) is 0 Å². The summed E-state index contributed by atoms with van der Waals surface area (Å²) >= 11 is 12.6. The van der Waals surface area contributed by atoms with Crippen LogP contribution in [0.25, 0.3) is 0 Å². The second kappa shape index (κ2) is 9.45. The van der Waals surface area contributed by atoms with Gasteiger partial charge in [-0.25, -0.2) is 4.98 Å². The number of carbonyl (C=O) groups is 1. The van der Waals surface area contributed by atoms with Gasteiger partial charge in [-0.3, -0.25) is 4.79 Å². The Labute approximate surface area is 151 Å². The van der Waals surface area contributed by atoms with Crippen LogP contribution in [-0.4, -0.2) is 33.7 Å². The summed E-state index contributed by atoms with van der Waals surface area (Å²) in [6, 6.07) is 3.84. The van der Waals surface area contributed by atoms with E-state index in [-0.39, 0.29) is 17.7 Å². The van der Waals surface area contributed by atoms with Crippen molar-refractivity contribution >= 4 is 51.6 Å². The molecule has 0 spiro atoms. The lowest BCUT2D eigenvalue weighted by atomic mass is 9.94. The van der Waals surface area contributed by atoms with E-state index in [1.165, 1.54) is 18.2 Å². The van der Waals surface area contributed by atoms with Gasteiger partial charge in [-0.1, -0.05) is 42.6 Å². The van der Waals surface area contributed by atoms with E-state index in [2.05, 4.69) is 4.98 Å². The number of nitrogens with zero attached hydrogens (tertiary/aromatic N) is 2. The molecule has 1 aliphatic rings. The van der Waals surface area contributed by atoms with E-state index in [9.17, 15) is 4.79 Å². The molecule has 7 heteroatoms. The van der Waals surface area contributed by atoms with Crippen LogP contribution in [0.3, 0.4) is 0 Å². The van der Waals surface area contributed by atoms with Crippen LogP contribution in [0.2, 0.25) is 5.15 Å². The molecule has 1 aliphatic carbocycles. The van der Waals surface area contributed by atoms with Crippen LogP contribution in [0.15, 0.2) is 18.3 Å². The number of rotatable bonds is 5. The second-order valence-electron chi connectivity index (χ2n) is 5.34. The van der Waals surface area contributed by atoms with Gasteiger partial charge in [0.05, 0.1) is 18.0 Å². The molecule has 0 N–H and O–H groups in total. The van der Waals surface area contributed by atoms with Gasteiger partial charge in [0.25, 0.3) is 0 Å². The lowest BCUT2D eigenvalue weighted by Gasteiger charge is -2.34. The van der Waals surface area contributed by atoms with Crippen LogP contribution < -0.4 is 4.90 Å². The van der Waals surface area contributed by atoms with Gasteiger partial charge in [0.2, 0.25) is 10.3 Å². The molecule has 0 radical (unpaired) electrons. The van der Waals surface area contributed by atoms with Gasteiger partial charge in [0.1, 0.15) is 0 Å². The molecule has 4 nitrogen and oxygen atoms in total. The van der Waals surface area contributed by atoms with Crippen LogP contribution in [0, 0.1) is 0 Å². The molecule has 0 bridgehead atoms. The lowest BCUT2D eigenvalue weighted by Crippen LogP contribution is -2.43. The van der Waals surface area contributed by atoms with Crippen LogP contribution in [-0.2, 0) is 9.53 Å². The molecule has 1 heterocycles. The lowest BCUT2D eigenvalue weighted by molar-refractivity contribution is -0.116. The molecule has 0 saturated heterocycles. The average molecular weight is 373 g/mol. The summed E-state index contributed by atoms with van der Waals surface area (Å²) < 4.78 is 5.64. The number of hydrogen-bond acceptors (Lipinski definition) is 5. The number of amides is 1. The minimum atomic E-state index is -0.00106. The Morgan fingerprint density at radius 1 is 1.48 bits per heavy atom. The van der Waals surface area contributed by atoms with Crippen molar-refractivity contribution in [1.29, 1.82) is 0 Å². The first kappa shape index (κ1) is 18.5. The first-order chi connectivity index (χ1) is 11.1. The third kappa shape index (κ3) is 5.33. The average Bonchev–Trinajstić information content (AvgIpc) is 2.56. The standard InChI is InChI=1S/C16H21ClN2O2S2/c1-2-21-16(22)23-11-14(20)19(12-7-4-3-5-8-12)13-9-6-10-18-15(13)17/h6,9-10,12H,2-5,7-8,11H2,1H3. The fraction of sp³-hybridized carbons (Fsp3) is 0.562. The third-order valence-electron chi connectivity index (χ3n) is 3.78. The predicted octanol–water partition coefficient (Wildman–Crippen LogP) is 4.46. The van der Waals surface area contributed by atoms with Crippen LogP contribution in [0.4, 0.5) is 5.69 Å². The fourth-order valence-electron chi connectivity index (χ4n) is 2.78. The Morgan fingerprint density at radius 2 is 2.22 bits per heavy atom. The molecule has 1 fully saturated rings. The van der Waals surface area contributed by atoms with Crippen molar-refractivity contribution in [1.82, 2.24) is 4.98 Å². The maximum atomic E-state index is 12.8. The van der Waals surface area contributed by atoms with Crippen LogP contribution in [0.1, 0.15) is 39.0 Å². The van der Waals surface area contributed by atoms with Crippen molar-refractivity contribution in [2.24, 2.45) is 0 Å². The van der Waals surface area contributed by atoms with E-state index in [1.54, 1.807) is 6.20 Å². The molecule has 0 atom stereocenters. The van der Waals surface area contributed by atoms with Crippen molar-refractivity contribution in [2.75, 3.05) is 17.3 Å². The molecule has 1 amide bonds. The molecule has 1 saturated carbocycles. The second-order valence-corrected chi connectivity index (χ2v) is 7.28. The zero-order valence-electron chi connectivity index (χ0n) is 13.2. The molecule has 126 valence electrons. The zero-order valence-corrected chi connectivity index (χ0v) is 15.6. The molecule has 1 aromatic rings. The summed E-state index contributed by atoms with van der Waals surface area (Å²) in [5, 5.41) is 0.365. The monoisotopic (exact) mass is 372 g/mol. The van der Waals surface area contributed by atoms with Gasteiger partial charge in [-0.2, -0.15) is 0 Å². The number of anilines is 1. The molecule has 23 heavy (non-hydrogen) atoms. The van der Waals surface area contributed by atoms with E-state index < -0.39 is 0 Å². The van der Waals surface area contributed by atoms with E-state index >= 15 is 0 Å². The quantitative estimate of drug-likeness (QED) is 0.564. The summed E-state index contributed by atoms with van der Waals surface area (Å²) in [4.78, 5) is 18.7. The van der Waals surface area contributed by atoms with E-state index in [0.717, 1.165) is 25.7 Å². The highest BCUT2D eigenvalue weighted by Gasteiger charge is 2.28. The molecule has 0 aromatic carbocycles. The molecule has 1 aromatic heterocycles. The number of aromatic nitrogens is 1. The summed E-state index contributed by atoms with van der Waals surface area (Å²) in [5.41, 5.74) is 0.689. The molecule has 2 rings (SSSR count). The summed E-state index contributed by atoms with van der Waals surface area (Å²) in [5.74, 6) is 0.249.